The molecule has 0 aliphatic carbocycles. The van der Waals surface area contributed by atoms with Crippen LogP contribution in [-0.2, 0) is 13.6 Å². The molecule has 4 nitrogen and oxygen atoms in total. The van der Waals surface area contributed by atoms with Crippen molar-refractivity contribution in [2.75, 3.05) is 33.6 Å². The molecule has 0 bridgehead atoms. The fourth-order valence-corrected chi connectivity index (χ4v) is 2.69. The van der Waals surface area contributed by atoms with Crippen molar-refractivity contribution in [3.63, 3.8) is 0 Å². The monoisotopic (exact) mass is 207 g/mol. The van der Waals surface area contributed by atoms with Crippen LogP contribution in [0.5, 0.6) is 0 Å². The lowest BCUT2D eigenvalue weighted by atomic mass is 10.1. The van der Waals surface area contributed by atoms with Gasteiger partial charge in [0, 0.05) is 14.2 Å². The zero-order valence-corrected chi connectivity index (χ0v) is 9.26. The predicted molar refractivity (Wildman–Crippen MR) is 51.9 cm³/mol. The molecule has 1 heterocycles. The lowest BCUT2D eigenvalue weighted by Gasteiger charge is -2.28. The molecule has 0 amide bonds. The van der Waals surface area contributed by atoms with Crippen molar-refractivity contribution in [3.05, 3.63) is 0 Å². The minimum atomic E-state index is -2.82. The molecule has 1 fully saturated rings. The first kappa shape index (κ1) is 11.2. The van der Waals surface area contributed by atoms with Crippen molar-refractivity contribution in [2.24, 2.45) is 0 Å². The summed E-state index contributed by atoms with van der Waals surface area (Å²) in [4.78, 5) is 2.15. The highest BCUT2D eigenvalue weighted by Crippen LogP contribution is 2.46. The van der Waals surface area contributed by atoms with E-state index >= 15 is 0 Å². The summed E-state index contributed by atoms with van der Waals surface area (Å²) in [6.45, 7) is 2.02. The normalized spacial score (nSPS) is 20.5. The summed E-state index contributed by atoms with van der Waals surface area (Å²) in [6, 6.07) is 0. The Kier molecular flexibility index (Phi) is 4.39. The Morgan fingerprint density at radius 3 is 2.15 bits per heavy atom. The summed E-state index contributed by atoms with van der Waals surface area (Å²) in [7, 11) is 0.0537. The Morgan fingerprint density at radius 1 is 1.15 bits per heavy atom. The molecule has 13 heavy (non-hydrogen) atoms. The maximum Gasteiger partial charge on any atom is 0.344 e. The average Bonchev–Trinajstić information content (AvgIpc) is 2.19. The van der Waals surface area contributed by atoms with Crippen molar-refractivity contribution in [1.29, 1.82) is 0 Å². The first-order valence-electron chi connectivity index (χ1n) is 4.63. The maximum atomic E-state index is 11.7. The van der Waals surface area contributed by atoms with E-state index < -0.39 is 7.60 Å². The Labute approximate surface area is 79.7 Å². The van der Waals surface area contributed by atoms with Crippen LogP contribution in [0, 0.1) is 0 Å². The highest BCUT2D eigenvalue weighted by molar-refractivity contribution is 7.53. The zero-order valence-electron chi connectivity index (χ0n) is 8.36. The topological polar surface area (TPSA) is 38.8 Å². The van der Waals surface area contributed by atoms with E-state index in [0.29, 0.717) is 6.29 Å². The van der Waals surface area contributed by atoms with E-state index in [-0.39, 0.29) is 0 Å². The Morgan fingerprint density at radius 2 is 1.69 bits per heavy atom. The van der Waals surface area contributed by atoms with Gasteiger partial charge in [-0.1, -0.05) is 6.42 Å². The minimum Gasteiger partial charge on any atom is -0.311 e. The second-order valence-electron chi connectivity index (χ2n) is 3.30. The van der Waals surface area contributed by atoms with E-state index in [9.17, 15) is 4.57 Å². The van der Waals surface area contributed by atoms with E-state index in [2.05, 4.69) is 4.90 Å². The number of hydrogen-bond acceptors (Lipinski definition) is 4. The van der Waals surface area contributed by atoms with Gasteiger partial charge >= 0.3 is 7.60 Å². The third kappa shape index (κ3) is 3.39. The van der Waals surface area contributed by atoms with E-state index in [4.69, 9.17) is 9.05 Å². The summed E-state index contributed by atoms with van der Waals surface area (Å²) in [5.74, 6) is 0. The van der Waals surface area contributed by atoms with Crippen LogP contribution in [0.1, 0.15) is 19.3 Å². The van der Waals surface area contributed by atoms with Gasteiger partial charge in [0.15, 0.2) is 0 Å². The van der Waals surface area contributed by atoms with Gasteiger partial charge < -0.3 is 9.05 Å². The molecular weight excluding hydrogens is 189 g/mol. The van der Waals surface area contributed by atoms with Crippen LogP contribution in [0.25, 0.3) is 0 Å². The van der Waals surface area contributed by atoms with E-state index in [1.165, 1.54) is 33.5 Å². The molecular formula is C8H18NO3P. The summed E-state index contributed by atoms with van der Waals surface area (Å²) >= 11 is 0. The van der Waals surface area contributed by atoms with E-state index in [0.717, 1.165) is 13.1 Å². The summed E-state index contributed by atoms with van der Waals surface area (Å²) < 4.78 is 21.5. The summed E-state index contributed by atoms with van der Waals surface area (Å²) in [6.07, 6.45) is 4.08. The van der Waals surface area contributed by atoms with Crippen LogP contribution in [0.3, 0.4) is 0 Å². The van der Waals surface area contributed by atoms with Gasteiger partial charge in [-0.3, -0.25) is 9.46 Å². The van der Waals surface area contributed by atoms with Gasteiger partial charge in [0.2, 0.25) is 0 Å². The molecule has 0 saturated carbocycles. The van der Waals surface area contributed by atoms with Gasteiger partial charge in [-0.2, -0.15) is 0 Å². The largest absolute Gasteiger partial charge is 0.344 e. The molecule has 0 radical (unpaired) electrons. The molecule has 0 atom stereocenters. The van der Waals surface area contributed by atoms with Crippen molar-refractivity contribution in [3.8, 4) is 0 Å². The Bertz CT molecular complexity index is 184. The number of likely N-dealkylation sites (tertiary alicyclic amines) is 1. The standard InChI is InChI=1S/C8H18NO3P/c1-11-13(10,12-2)8-9-6-4-3-5-7-9/h3-8H2,1-2H3. The van der Waals surface area contributed by atoms with Crippen molar-refractivity contribution in [2.45, 2.75) is 19.3 Å². The van der Waals surface area contributed by atoms with Crippen LogP contribution in [0.2, 0.25) is 0 Å². The third-order valence-corrected chi connectivity index (χ3v) is 4.24. The van der Waals surface area contributed by atoms with Crippen LogP contribution < -0.4 is 0 Å². The lowest BCUT2D eigenvalue weighted by molar-refractivity contribution is 0.214. The van der Waals surface area contributed by atoms with Crippen LogP contribution >= 0.6 is 7.60 Å². The molecule has 1 rings (SSSR count). The highest BCUT2D eigenvalue weighted by atomic mass is 31.2. The SMILES string of the molecule is COP(=O)(CN1CCCCC1)OC. The molecule has 0 aromatic heterocycles. The quantitative estimate of drug-likeness (QED) is 0.660. The number of rotatable bonds is 4. The predicted octanol–water partition coefficient (Wildman–Crippen LogP) is 1.92. The summed E-state index contributed by atoms with van der Waals surface area (Å²) in [5, 5.41) is 0. The molecule has 0 spiro atoms. The number of piperidine rings is 1. The lowest BCUT2D eigenvalue weighted by Crippen LogP contribution is -2.30. The average molecular weight is 207 g/mol. The number of hydrogen-bond donors (Lipinski definition) is 0. The molecule has 0 aromatic carbocycles. The first-order valence-corrected chi connectivity index (χ1v) is 6.36. The van der Waals surface area contributed by atoms with Gasteiger partial charge in [0.05, 0.1) is 0 Å². The molecule has 0 N–H and O–H groups in total. The van der Waals surface area contributed by atoms with Crippen LogP contribution in [0.15, 0.2) is 0 Å². The van der Waals surface area contributed by atoms with E-state index in [1.54, 1.807) is 0 Å². The van der Waals surface area contributed by atoms with Gasteiger partial charge in [0.1, 0.15) is 6.29 Å². The molecule has 1 aliphatic rings. The zero-order chi connectivity index (χ0) is 9.73. The fourth-order valence-electron chi connectivity index (χ4n) is 1.54. The minimum absolute atomic E-state index is 0.431. The second-order valence-corrected chi connectivity index (χ2v) is 5.53. The highest BCUT2D eigenvalue weighted by Gasteiger charge is 2.25. The van der Waals surface area contributed by atoms with Gasteiger partial charge in [0.25, 0.3) is 0 Å². The smallest absolute Gasteiger partial charge is 0.311 e. The molecule has 5 heteroatoms. The Balaban J connectivity index is 2.40. The van der Waals surface area contributed by atoms with Gasteiger partial charge in [-0.25, -0.2) is 0 Å². The van der Waals surface area contributed by atoms with Gasteiger partial charge in [-0.05, 0) is 25.9 Å². The molecule has 1 saturated heterocycles. The molecule has 0 unspecified atom stereocenters. The first-order chi connectivity index (χ1) is 6.20. The number of nitrogens with zero attached hydrogens (tertiary/aromatic N) is 1. The van der Waals surface area contributed by atoms with Crippen LogP contribution in [-0.4, -0.2) is 38.5 Å². The molecule has 78 valence electrons. The van der Waals surface area contributed by atoms with Crippen LogP contribution in [0.4, 0.5) is 0 Å². The van der Waals surface area contributed by atoms with Crippen molar-refractivity contribution >= 4 is 7.60 Å². The van der Waals surface area contributed by atoms with E-state index in [1.807, 2.05) is 0 Å². The third-order valence-electron chi connectivity index (χ3n) is 2.38. The Hall–Kier alpha value is 0.110. The maximum absolute atomic E-state index is 11.7. The fraction of sp³-hybridized carbons (Fsp3) is 1.00. The second kappa shape index (κ2) is 5.11. The molecule has 1 aliphatic heterocycles. The van der Waals surface area contributed by atoms with Crippen molar-refractivity contribution < 1.29 is 13.6 Å². The van der Waals surface area contributed by atoms with Crippen molar-refractivity contribution in [1.82, 2.24) is 4.90 Å². The van der Waals surface area contributed by atoms with Gasteiger partial charge in [-0.15, -0.1) is 0 Å². The summed E-state index contributed by atoms with van der Waals surface area (Å²) in [5.41, 5.74) is 0. The molecule has 0 aromatic rings.